The molecule has 0 aromatic rings. The molecule has 0 radical (unpaired) electrons. The van der Waals surface area contributed by atoms with Crippen LogP contribution in [0.25, 0.3) is 0 Å². The van der Waals surface area contributed by atoms with Crippen LogP contribution in [0.15, 0.2) is 0 Å². The molecule has 3 N–H and O–H groups in total. The zero-order valence-corrected chi connectivity index (χ0v) is 8.70. The number of hydrogen-bond donors (Lipinski definition) is 3. The van der Waals surface area contributed by atoms with Crippen molar-refractivity contribution in [3.63, 3.8) is 0 Å². The number of carbonyl (C=O) groups is 3. The number of imide groups is 1. The number of nitrogens with one attached hydrogen (secondary N) is 2. The number of urea groups is 1. The summed E-state index contributed by atoms with van der Waals surface area (Å²) >= 11 is 0. The van der Waals surface area contributed by atoms with Gasteiger partial charge in [-0.3, -0.25) is 10.1 Å². The van der Waals surface area contributed by atoms with Gasteiger partial charge in [-0.1, -0.05) is 5.92 Å². The first kappa shape index (κ1) is 13.9. The lowest BCUT2D eigenvalue weighted by atomic mass is 10.6. The van der Waals surface area contributed by atoms with Gasteiger partial charge < -0.3 is 15.2 Å². The van der Waals surface area contributed by atoms with Gasteiger partial charge in [-0.2, -0.15) is 0 Å². The predicted molar refractivity (Wildman–Crippen MR) is 53.4 cm³/mol. The molecule has 7 heteroatoms. The van der Waals surface area contributed by atoms with Crippen LogP contribution in [0.3, 0.4) is 0 Å². The van der Waals surface area contributed by atoms with Crippen LogP contribution in [0.1, 0.15) is 6.92 Å². The van der Waals surface area contributed by atoms with Crippen LogP contribution in [0, 0.1) is 11.8 Å². The number of ether oxygens (including phenoxy) is 1. The minimum absolute atomic E-state index is 0.131. The molecular weight excluding hydrogens is 216 g/mol. The van der Waals surface area contributed by atoms with E-state index in [0.717, 1.165) is 0 Å². The summed E-state index contributed by atoms with van der Waals surface area (Å²) in [6.07, 6.45) is 0. The highest BCUT2D eigenvalue weighted by molar-refractivity contribution is 5.95. The molecule has 0 aliphatic carbocycles. The fourth-order valence-electron chi connectivity index (χ4n) is 0.651. The monoisotopic (exact) mass is 228 g/mol. The van der Waals surface area contributed by atoms with Crippen molar-refractivity contribution in [2.24, 2.45) is 0 Å². The minimum Gasteiger partial charge on any atom is -0.480 e. The standard InChI is InChI=1S/C9H12N2O5/c1-2-3-4-10-9(15)11-7(12)5-16-6-8(13)14/h4-6H2,1H3,(H,13,14)(H2,10,11,12,15). The maximum atomic E-state index is 10.9. The fraction of sp³-hybridized carbons (Fsp3) is 0.444. The molecule has 0 fully saturated rings. The van der Waals surface area contributed by atoms with Gasteiger partial charge in [0.1, 0.15) is 13.2 Å². The van der Waals surface area contributed by atoms with Crippen molar-refractivity contribution < 1.29 is 24.2 Å². The topological polar surface area (TPSA) is 105 Å². The van der Waals surface area contributed by atoms with E-state index in [9.17, 15) is 14.4 Å². The molecule has 0 saturated heterocycles. The van der Waals surface area contributed by atoms with Crippen LogP contribution in [-0.2, 0) is 14.3 Å². The van der Waals surface area contributed by atoms with Crippen molar-refractivity contribution in [3.8, 4) is 11.8 Å². The smallest absolute Gasteiger partial charge is 0.329 e. The minimum atomic E-state index is -1.18. The molecule has 0 aliphatic heterocycles. The molecular formula is C9H12N2O5. The number of amides is 3. The molecule has 16 heavy (non-hydrogen) atoms. The van der Waals surface area contributed by atoms with E-state index in [1.165, 1.54) is 0 Å². The first-order valence-corrected chi connectivity index (χ1v) is 4.33. The molecule has 0 aromatic carbocycles. The van der Waals surface area contributed by atoms with E-state index < -0.39 is 31.1 Å². The van der Waals surface area contributed by atoms with Crippen molar-refractivity contribution in [2.75, 3.05) is 19.8 Å². The van der Waals surface area contributed by atoms with Gasteiger partial charge in [0, 0.05) is 0 Å². The van der Waals surface area contributed by atoms with E-state index in [4.69, 9.17) is 5.11 Å². The van der Waals surface area contributed by atoms with Crippen LogP contribution in [0.2, 0.25) is 0 Å². The molecule has 3 amide bonds. The van der Waals surface area contributed by atoms with Gasteiger partial charge in [-0.25, -0.2) is 9.59 Å². The maximum absolute atomic E-state index is 10.9. The Labute approximate surface area is 92.2 Å². The highest BCUT2D eigenvalue weighted by Gasteiger charge is 2.07. The van der Waals surface area contributed by atoms with Crippen molar-refractivity contribution in [1.82, 2.24) is 10.6 Å². The summed E-state index contributed by atoms with van der Waals surface area (Å²) in [5.41, 5.74) is 0. The normalized spacial score (nSPS) is 8.56. The van der Waals surface area contributed by atoms with E-state index in [0.29, 0.717) is 0 Å². The van der Waals surface area contributed by atoms with Crippen molar-refractivity contribution in [1.29, 1.82) is 0 Å². The number of hydrogen-bond acceptors (Lipinski definition) is 4. The van der Waals surface area contributed by atoms with Crippen molar-refractivity contribution in [2.45, 2.75) is 6.92 Å². The zero-order valence-electron chi connectivity index (χ0n) is 8.70. The molecule has 7 nitrogen and oxygen atoms in total. The summed E-state index contributed by atoms with van der Waals surface area (Å²) < 4.78 is 4.46. The molecule has 0 spiro atoms. The Bertz CT molecular complexity index is 329. The Morgan fingerprint density at radius 3 is 2.56 bits per heavy atom. The lowest BCUT2D eigenvalue weighted by Gasteiger charge is -2.03. The Morgan fingerprint density at radius 2 is 2.00 bits per heavy atom. The van der Waals surface area contributed by atoms with E-state index in [2.05, 4.69) is 21.9 Å². The zero-order chi connectivity index (χ0) is 12.4. The highest BCUT2D eigenvalue weighted by Crippen LogP contribution is 1.76. The summed E-state index contributed by atoms with van der Waals surface area (Å²) in [7, 11) is 0. The van der Waals surface area contributed by atoms with Crippen LogP contribution in [0.4, 0.5) is 4.79 Å². The number of carboxylic acid groups (broad SMARTS) is 1. The third kappa shape index (κ3) is 8.52. The van der Waals surface area contributed by atoms with Gasteiger partial charge in [0.05, 0.1) is 6.54 Å². The van der Waals surface area contributed by atoms with Crippen molar-refractivity contribution in [3.05, 3.63) is 0 Å². The third-order valence-electron chi connectivity index (χ3n) is 1.23. The number of rotatable bonds is 5. The van der Waals surface area contributed by atoms with Gasteiger partial charge in [0.2, 0.25) is 0 Å². The van der Waals surface area contributed by atoms with E-state index >= 15 is 0 Å². The van der Waals surface area contributed by atoms with E-state index in [1.807, 2.05) is 5.32 Å². The van der Waals surface area contributed by atoms with Crippen LogP contribution >= 0.6 is 0 Å². The Morgan fingerprint density at radius 1 is 1.31 bits per heavy atom. The first-order chi connectivity index (χ1) is 7.56. The van der Waals surface area contributed by atoms with Gasteiger partial charge >= 0.3 is 12.0 Å². The summed E-state index contributed by atoms with van der Waals surface area (Å²) in [5, 5.41) is 12.4. The van der Waals surface area contributed by atoms with Crippen LogP contribution in [0.5, 0.6) is 0 Å². The molecule has 0 aliphatic rings. The van der Waals surface area contributed by atoms with E-state index in [-0.39, 0.29) is 6.54 Å². The maximum Gasteiger partial charge on any atom is 0.329 e. The number of carbonyl (C=O) groups excluding carboxylic acids is 2. The lowest BCUT2D eigenvalue weighted by molar-refractivity contribution is -0.143. The van der Waals surface area contributed by atoms with Crippen molar-refractivity contribution >= 4 is 17.9 Å². The SMILES string of the molecule is CC#CCNC(=O)NC(=O)COCC(=O)O. The van der Waals surface area contributed by atoms with Crippen LogP contribution < -0.4 is 10.6 Å². The van der Waals surface area contributed by atoms with Gasteiger partial charge in [-0.15, -0.1) is 5.92 Å². The molecule has 0 saturated carbocycles. The molecule has 88 valence electrons. The summed E-state index contributed by atoms with van der Waals surface area (Å²) in [6.45, 7) is 0.672. The second kappa shape index (κ2) is 8.26. The molecule has 0 bridgehead atoms. The molecule has 0 rings (SSSR count). The third-order valence-corrected chi connectivity index (χ3v) is 1.23. The lowest BCUT2D eigenvalue weighted by Crippen LogP contribution is -2.41. The second-order valence-corrected chi connectivity index (χ2v) is 2.54. The second-order valence-electron chi connectivity index (χ2n) is 2.54. The number of carboxylic acids is 1. The Kier molecular flexibility index (Phi) is 7.19. The summed E-state index contributed by atoms with van der Waals surface area (Å²) in [5.74, 6) is 3.22. The average molecular weight is 228 g/mol. The summed E-state index contributed by atoms with van der Waals surface area (Å²) in [6, 6.07) is -0.702. The summed E-state index contributed by atoms with van der Waals surface area (Å²) in [4.78, 5) is 31.9. The van der Waals surface area contributed by atoms with Gasteiger partial charge in [0.15, 0.2) is 0 Å². The molecule has 0 unspecified atom stereocenters. The number of aliphatic carboxylic acids is 1. The molecule has 0 aromatic heterocycles. The predicted octanol–water partition coefficient (Wildman–Crippen LogP) is -1.06. The van der Waals surface area contributed by atoms with E-state index in [1.54, 1.807) is 6.92 Å². The van der Waals surface area contributed by atoms with Gasteiger partial charge in [-0.05, 0) is 6.92 Å². The van der Waals surface area contributed by atoms with Gasteiger partial charge in [0.25, 0.3) is 5.91 Å². The average Bonchev–Trinajstić information content (AvgIpc) is 2.17. The largest absolute Gasteiger partial charge is 0.480 e. The molecule has 0 heterocycles. The Hall–Kier alpha value is -2.07. The molecule has 0 atom stereocenters. The first-order valence-electron chi connectivity index (χ1n) is 4.33. The van der Waals surface area contributed by atoms with Crippen LogP contribution in [-0.4, -0.2) is 42.8 Å². The quantitative estimate of drug-likeness (QED) is 0.520. The fourth-order valence-corrected chi connectivity index (χ4v) is 0.651. The Balaban J connectivity index is 3.64. The highest BCUT2D eigenvalue weighted by atomic mass is 16.5.